The van der Waals surface area contributed by atoms with Crippen LogP contribution in [0, 0.1) is 0 Å². The molecule has 0 spiro atoms. The molecular weight excluding hydrogens is 268 g/mol. The third-order valence-electron chi connectivity index (χ3n) is 3.19. The zero-order valence-electron chi connectivity index (χ0n) is 11.6. The number of ether oxygens (including phenoxy) is 2. The average molecular weight is 288 g/mol. The molecule has 0 radical (unpaired) electrons. The van der Waals surface area contributed by atoms with E-state index in [-0.39, 0.29) is 6.10 Å². The van der Waals surface area contributed by atoms with E-state index in [1.54, 1.807) is 7.11 Å². The van der Waals surface area contributed by atoms with E-state index in [2.05, 4.69) is 10.1 Å². The van der Waals surface area contributed by atoms with Gasteiger partial charge in [0.1, 0.15) is 6.04 Å². The fourth-order valence-corrected chi connectivity index (χ4v) is 2.01. The van der Waals surface area contributed by atoms with E-state index in [0.717, 1.165) is 20.0 Å². The van der Waals surface area contributed by atoms with Crippen molar-refractivity contribution in [3.8, 4) is 0 Å². The first-order valence-electron chi connectivity index (χ1n) is 6.35. The molecule has 1 rings (SSSR count). The van der Waals surface area contributed by atoms with Gasteiger partial charge >= 0.3 is 18.0 Å². The van der Waals surface area contributed by atoms with Crippen LogP contribution in [0.5, 0.6) is 0 Å². The van der Waals surface area contributed by atoms with Crippen LogP contribution in [0.15, 0.2) is 0 Å². The minimum absolute atomic E-state index is 0.0432. The molecule has 1 aliphatic heterocycles. The molecule has 1 saturated heterocycles. The molecule has 1 unspecified atom stereocenters. The van der Waals surface area contributed by atoms with E-state index >= 15 is 0 Å². The number of piperidine rings is 1. The number of carbonyl (C=O) groups excluding carboxylic acids is 2. The summed E-state index contributed by atoms with van der Waals surface area (Å²) in [5, 5.41) is 11.3. The van der Waals surface area contributed by atoms with Crippen molar-refractivity contribution in [3.63, 3.8) is 0 Å². The van der Waals surface area contributed by atoms with Crippen LogP contribution >= 0.6 is 0 Å². The summed E-state index contributed by atoms with van der Waals surface area (Å²) < 4.78 is 9.60. The van der Waals surface area contributed by atoms with Gasteiger partial charge in [-0.25, -0.2) is 9.59 Å². The molecule has 0 bridgehead atoms. The highest BCUT2D eigenvalue weighted by molar-refractivity contribution is 5.86. The fourth-order valence-electron chi connectivity index (χ4n) is 2.01. The van der Waals surface area contributed by atoms with E-state index in [1.165, 1.54) is 4.90 Å². The van der Waals surface area contributed by atoms with Crippen LogP contribution in [0.25, 0.3) is 0 Å². The Morgan fingerprint density at radius 3 is 2.65 bits per heavy atom. The molecule has 114 valence electrons. The standard InChI is InChI=1S/C12H20N2O6/c1-19-8-4-3-5-14(7-8)12(18)13-9(11(16)17)6-10(15)20-2/h8-9H,3-7H2,1-2H3,(H,13,18)(H,16,17)/t8?,9-/m0/s1. The van der Waals surface area contributed by atoms with Crippen molar-refractivity contribution < 1.29 is 29.0 Å². The highest BCUT2D eigenvalue weighted by Gasteiger charge is 2.28. The molecule has 2 atom stereocenters. The molecule has 0 aromatic carbocycles. The maximum atomic E-state index is 12.0. The monoisotopic (exact) mass is 288 g/mol. The molecule has 0 aromatic heterocycles. The number of methoxy groups -OCH3 is 2. The minimum atomic E-state index is -1.29. The van der Waals surface area contributed by atoms with Gasteiger partial charge in [0.25, 0.3) is 0 Å². The summed E-state index contributed by atoms with van der Waals surface area (Å²) >= 11 is 0. The predicted molar refractivity (Wildman–Crippen MR) is 68.2 cm³/mol. The number of hydrogen-bond acceptors (Lipinski definition) is 5. The third-order valence-corrected chi connectivity index (χ3v) is 3.19. The van der Waals surface area contributed by atoms with Gasteiger partial charge in [-0.1, -0.05) is 0 Å². The van der Waals surface area contributed by atoms with E-state index < -0.39 is 30.4 Å². The van der Waals surface area contributed by atoms with Crippen molar-refractivity contribution in [1.29, 1.82) is 0 Å². The summed E-state index contributed by atoms with van der Waals surface area (Å²) in [5.74, 6) is -1.96. The first kappa shape index (κ1) is 16.2. The fraction of sp³-hybridized carbons (Fsp3) is 0.750. The Morgan fingerprint density at radius 1 is 1.40 bits per heavy atom. The van der Waals surface area contributed by atoms with Crippen molar-refractivity contribution in [2.24, 2.45) is 0 Å². The number of amides is 2. The van der Waals surface area contributed by atoms with Crippen LogP contribution < -0.4 is 5.32 Å². The van der Waals surface area contributed by atoms with Gasteiger partial charge in [0.15, 0.2) is 0 Å². The highest BCUT2D eigenvalue weighted by atomic mass is 16.5. The Bertz CT molecular complexity index is 373. The van der Waals surface area contributed by atoms with E-state index in [9.17, 15) is 14.4 Å². The molecule has 0 aliphatic carbocycles. The zero-order chi connectivity index (χ0) is 15.1. The number of carboxylic acid groups (broad SMARTS) is 1. The van der Waals surface area contributed by atoms with Crippen molar-refractivity contribution in [2.75, 3.05) is 27.3 Å². The maximum Gasteiger partial charge on any atom is 0.326 e. The number of urea groups is 1. The first-order valence-corrected chi connectivity index (χ1v) is 6.35. The van der Waals surface area contributed by atoms with Crippen molar-refractivity contribution in [3.05, 3.63) is 0 Å². The van der Waals surface area contributed by atoms with E-state index in [4.69, 9.17) is 9.84 Å². The van der Waals surface area contributed by atoms with Gasteiger partial charge in [-0.05, 0) is 12.8 Å². The molecule has 1 heterocycles. The van der Waals surface area contributed by atoms with Crippen molar-refractivity contribution in [1.82, 2.24) is 10.2 Å². The zero-order valence-corrected chi connectivity index (χ0v) is 11.6. The van der Waals surface area contributed by atoms with Crippen LogP contribution in [0.2, 0.25) is 0 Å². The Morgan fingerprint density at radius 2 is 2.10 bits per heavy atom. The van der Waals surface area contributed by atoms with E-state index in [0.29, 0.717) is 13.1 Å². The average Bonchev–Trinajstić information content (AvgIpc) is 2.46. The summed E-state index contributed by atoms with van der Waals surface area (Å²) in [4.78, 5) is 35.6. The number of aliphatic carboxylic acids is 1. The van der Waals surface area contributed by atoms with E-state index in [1.807, 2.05) is 0 Å². The number of rotatable bonds is 5. The molecule has 2 amide bonds. The van der Waals surface area contributed by atoms with Gasteiger partial charge < -0.3 is 24.8 Å². The first-order chi connectivity index (χ1) is 9.47. The van der Waals surface area contributed by atoms with Gasteiger partial charge in [0.05, 0.1) is 19.6 Å². The van der Waals surface area contributed by atoms with Crippen LogP contribution in [-0.4, -0.2) is 67.4 Å². The molecular formula is C12H20N2O6. The lowest BCUT2D eigenvalue weighted by Gasteiger charge is -2.32. The summed E-state index contributed by atoms with van der Waals surface area (Å²) in [5.41, 5.74) is 0. The molecule has 20 heavy (non-hydrogen) atoms. The number of likely N-dealkylation sites (tertiary alicyclic amines) is 1. The molecule has 0 aromatic rings. The molecule has 1 fully saturated rings. The second-order valence-electron chi connectivity index (χ2n) is 4.57. The normalized spacial score (nSPS) is 20.1. The Hall–Kier alpha value is -1.83. The highest BCUT2D eigenvalue weighted by Crippen LogP contribution is 2.12. The van der Waals surface area contributed by atoms with Crippen LogP contribution in [-0.2, 0) is 19.1 Å². The van der Waals surface area contributed by atoms with Gasteiger partial charge in [-0.2, -0.15) is 0 Å². The number of carbonyl (C=O) groups is 3. The summed E-state index contributed by atoms with van der Waals surface area (Å²) in [6.45, 7) is 0.948. The molecule has 2 N–H and O–H groups in total. The third kappa shape index (κ3) is 4.69. The summed E-state index contributed by atoms with van der Waals surface area (Å²) in [6, 6.07) is -1.80. The smallest absolute Gasteiger partial charge is 0.326 e. The Labute approximate surface area is 117 Å². The SMILES string of the molecule is COC(=O)C[C@H](NC(=O)N1CCCC(OC)C1)C(=O)O. The number of hydrogen-bond donors (Lipinski definition) is 2. The van der Waals surface area contributed by atoms with Crippen molar-refractivity contribution in [2.45, 2.75) is 31.4 Å². The number of nitrogens with one attached hydrogen (secondary N) is 1. The largest absolute Gasteiger partial charge is 0.480 e. The Kier molecular flexibility index (Phi) is 6.23. The van der Waals surface area contributed by atoms with Gasteiger partial charge in [-0.15, -0.1) is 0 Å². The molecule has 1 aliphatic rings. The lowest BCUT2D eigenvalue weighted by molar-refractivity contribution is -0.147. The molecule has 8 nitrogen and oxygen atoms in total. The molecule has 0 saturated carbocycles. The lowest BCUT2D eigenvalue weighted by atomic mass is 10.1. The number of nitrogens with zero attached hydrogens (tertiary/aromatic N) is 1. The number of carboxylic acids is 1. The Balaban J connectivity index is 2.56. The van der Waals surface area contributed by atoms with Gasteiger partial charge in [0.2, 0.25) is 0 Å². The lowest BCUT2D eigenvalue weighted by Crippen LogP contribution is -2.52. The maximum absolute atomic E-state index is 12.0. The minimum Gasteiger partial charge on any atom is -0.480 e. The van der Waals surface area contributed by atoms with Crippen LogP contribution in [0.3, 0.4) is 0 Å². The predicted octanol–water partition coefficient (Wildman–Crippen LogP) is -0.177. The quantitative estimate of drug-likeness (QED) is 0.680. The second-order valence-corrected chi connectivity index (χ2v) is 4.57. The van der Waals surface area contributed by atoms with Gasteiger partial charge in [-0.3, -0.25) is 4.79 Å². The second kappa shape index (κ2) is 7.68. The van der Waals surface area contributed by atoms with Crippen LogP contribution in [0.4, 0.5) is 4.79 Å². The summed E-state index contributed by atoms with van der Waals surface area (Å²) in [7, 11) is 2.74. The number of esters is 1. The van der Waals surface area contributed by atoms with Crippen LogP contribution in [0.1, 0.15) is 19.3 Å². The molecule has 8 heteroatoms. The van der Waals surface area contributed by atoms with Gasteiger partial charge in [0, 0.05) is 20.2 Å². The topological polar surface area (TPSA) is 105 Å². The summed E-state index contributed by atoms with van der Waals surface area (Å²) in [6.07, 6.45) is 1.21. The van der Waals surface area contributed by atoms with Crippen molar-refractivity contribution >= 4 is 18.0 Å².